The summed E-state index contributed by atoms with van der Waals surface area (Å²) in [6.07, 6.45) is 0. The van der Waals surface area contributed by atoms with Gasteiger partial charge in [0, 0.05) is 0 Å². The van der Waals surface area contributed by atoms with Crippen LogP contribution in [-0.2, 0) is 0 Å². The first-order valence-electron chi connectivity index (χ1n) is 3.43. The number of oxazole rings is 1. The standard InChI is InChI=1S/C8H3Cl2NO2/c9-7(12)4-2-1-3-5-6(4)13-8(10)11-5/h1-3H. The number of rotatable bonds is 1. The van der Waals surface area contributed by atoms with Crippen molar-refractivity contribution in [2.75, 3.05) is 0 Å². The minimum Gasteiger partial charge on any atom is -0.427 e. The average molecular weight is 216 g/mol. The molecule has 0 unspecified atom stereocenters. The number of carbonyl (C=O) groups is 1. The number of hydrogen-bond donors (Lipinski definition) is 0. The number of fused-ring (bicyclic) bond motifs is 1. The Hall–Kier alpha value is -1.06. The molecule has 13 heavy (non-hydrogen) atoms. The normalized spacial score (nSPS) is 10.6. The van der Waals surface area contributed by atoms with Crippen LogP contribution in [0.25, 0.3) is 11.1 Å². The second-order valence-electron chi connectivity index (χ2n) is 2.39. The van der Waals surface area contributed by atoms with Crippen molar-refractivity contribution in [1.82, 2.24) is 4.98 Å². The maximum atomic E-state index is 10.9. The maximum absolute atomic E-state index is 10.9. The van der Waals surface area contributed by atoms with Crippen LogP contribution in [-0.4, -0.2) is 10.2 Å². The van der Waals surface area contributed by atoms with Gasteiger partial charge in [-0.3, -0.25) is 4.79 Å². The number of halogens is 2. The number of hydrogen-bond acceptors (Lipinski definition) is 3. The van der Waals surface area contributed by atoms with Gasteiger partial charge in [-0.25, -0.2) is 0 Å². The molecule has 1 heterocycles. The van der Waals surface area contributed by atoms with Crippen LogP contribution in [0, 0.1) is 0 Å². The van der Waals surface area contributed by atoms with Gasteiger partial charge in [0.25, 0.3) is 10.6 Å². The minimum absolute atomic E-state index is 0.000340. The summed E-state index contributed by atoms with van der Waals surface area (Å²) in [5.41, 5.74) is 1.13. The Bertz CT molecular complexity index is 478. The summed E-state index contributed by atoms with van der Waals surface area (Å²) in [5, 5.41) is -0.584. The number of para-hydroxylation sites is 1. The van der Waals surface area contributed by atoms with E-state index in [0.29, 0.717) is 11.1 Å². The van der Waals surface area contributed by atoms with Gasteiger partial charge in [0.15, 0.2) is 5.58 Å². The number of nitrogens with zero attached hydrogens (tertiary/aromatic N) is 1. The monoisotopic (exact) mass is 215 g/mol. The average Bonchev–Trinajstić information content (AvgIpc) is 2.43. The number of aromatic nitrogens is 1. The van der Waals surface area contributed by atoms with Gasteiger partial charge in [0.2, 0.25) is 0 Å². The molecule has 0 aliphatic heterocycles. The van der Waals surface area contributed by atoms with Gasteiger partial charge in [-0.2, -0.15) is 4.98 Å². The van der Waals surface area contributed by atoms with E-state index < -0.39 is 5.24 Å². The highest BCUT2D eigenvalue weighted by atomic mass is 35.5. The summed E-state index contributed by atoms with van der Waals surface area (Å²) >= 11 is 10.8. The van der Waals surface area contributed by atoms with Crippen LogP contribution in [0.15, 0.2) is 22.6 Å². The molecular weight excluding hydrogens is 213 g/mol. The van der Waals surface area contributed by atoms with E-state index in [4.69, 9.17) is 27.6 Å². The summed E-state index contributed by atoms with van der Waals surface area (Å²) in [6, 6.07) is 4.91. The molecule has 0 aliphatic carbocycles. The van der Waals surface area contributed by atoms with Crippen LogP contribution in [0.4, 0.5) is 0 Å². The van der Waals surface area contributed by atoms with Crippen molar-refractivity contribution >= 4 is 39.5 Å². The van der Waals surface area contributed by atoms with Crippen molar-refractivity contribution in [3.05, 3.63) is 29.1 Å². The molecule has 0 fully saturated rings. The summed E-state index contributed by atoms with van der Waals surface area (Å²) < 4.78 is 5.01. The molecule has 0 radical (unpaired) electrons. The van der Waals surface area contributed by atoms with Crippen molar-refractivity contribution in [3.63, 3.8) is 0 Å². The van der Waals surface area contributed by atoms with Crippen LogP contribution in [0.2, 0.25) is 5.35 Å². The van der Waals surface area contributed by atoms with E-state index in [1.54, 1.807) is 18.2 Å². The zero-order valence-electron chi connectivity index (χ0n) is 6.25. The molecule has 3 nitrogen and oxygen atoms in total. The van der Waals surface area contributed by atoms with Gasteiger partial charge in [0.05, 0.1) is 5.56 Å². The third kappa shape index (κ3) is 1.41. The van der Waals surface area contributed by atoms with E-state index in [1.807, 2.05) is 0 Å². The highest BCUT2D eigenvalue weighted by Gasteiger charge is 2.12. The van der Waals surface area contributed by atoms with E-state index in [-0.39, 0.29) is 10.9 Å². The molecule has 0 atom stereocenters. The molecule has 0 saturated heterocycles. The Balaban J connectivity index is 2.82. The summed E-state index contributed by atoms with van der Waals surface area (Å²) in [4.78, 5) is 14.7. The lowest BCUT2D eigenvalue weighted by Crippen LogP contribution is -1.87. The second-order valence-corrected chi connectivity index (χ2v) is 3.06. The van der Waals surface area contributed by atoms with E-state index in [1.165, 1.54) is 0 Å². The summed E-state index contributed by atoms with van der Waals surface area (Å²) in [7, 11) is 0. The topological polar surface area (TPSA) is 43.1 Å². The van der Waals surface area contributed by atoms with Crippen LogP contribution >= 0.6 is 23.2 Å². The maximum Gasteiger partial charge on any atom is 0.293 e. The smallest absolute Gasteiger partial charge is 0.293 e. The predicted molar refractivity (Wildman–Crippen MR) is 49.2 cm³/mol. The Kier molecular flexibility index (Phi) is 1.98. The van der Waals surface area contributed by atoms with Gasteiger partial charge in [-0.15, -0.1) is 0 Å². The molecule has 0 N–H and O–H groups in total. The SMILES string of the molecule is O=C(Cl)c1cccc2nc(Cl)oc12. The first-order valence-corrected chi connectivity index (χ1v) is 4.19. The van der Waals surface area contributed by atoms with Gasteiger partial charge in [-0.05, 0) is 35.3 Å². The number of benzene rings is 1. The lowest BCUT2D eigenvalue weighted by Gasteiger charge is -1.91. The van der Waals surface area contributed by atoms with Crippen molar-refractivity contribution in [2.24, 2.45) is 0 Å². The molecule has 2 rings (SSSR count). The predicted octanol–water partition coefficient (Wildman–Crippen LogP) is 2.86. The zero-order chi connectivity index (χ0) is 9.42. The van der Waals surface area contributed by atoms with Crippen LogP contribution in [0.5, 0.6) is 0 Å². The Morgan fingerprint density at radius 2 is 2.23 bits per heavy atom. The molecule has 1 aromatic heterocycles. The molecule has 5 heteroatoms. The fraction of sp³-hybridized carbons (Fsp3) is 0. The molecular formula is C8H3Cl2NO2. The lowest BCUT2D eigenvalue weighted by atomic mass is 10.2. The van der Waals surface area contributed by atoms with E-state index in [9.17, 15) is 4.79 Å². The van der Waals surface area contributed by atoms with Gasteiger partial charge < -0.3 is 4.42 Å². The van der Waals surface area contributed by atoms with E-state index >= 15 is 0 Å². The molecule has 0 saturated carbocycles. The van der Waals surface area contributed by atoms with Crippen molar-refractivity contribution in [1.29, 1.82) is 0 Å². The Morgan fingerprint density at radius 3 is 2.92 bits per heavy atom. The Morgan fingerprint density at radius 1 is 1.46 bits per heavy atom. The minimum atomic E-state index is -0.585. The molecule has 0 bridgehead atoms. The fourth-order valence-electron chi connectivity index (χ4n) is 1.08. The highest BCUT2D eigenvalue weighted by Crippen LogP contribution is 2.23. The summed E-state index contributed by atoms with van der Waals surface area (Å²) in [6.45, 7) is 0. The first kappa shape index (κ1) is 8.53. The van der Waals surface area contributed by atoms with Gasteiger partial charge in [0.1, 0.15) is 5.52 Å². The summed E-state index contributed by atoms with van der Waals surface area (Å²) in [5.74, 6) is 0. The molecule has 2 aromatic rings. The third-order valence-electron chi connectivity index (χ3n) is 1.60. The van der Waals surface area contributed by atoms with Gasteiger partial charge in [-0.1, -0.05) is 6.07 Å². The van der Waals surface area contributed by atoms with E-state index in [0.717, 1.165) is 0 Å². The first-order chi connectivity index (χ1) is 6.18. The zero-order valence-corrected chi connectivity index (χ0v) is 7.76. The van der Waals surface area contributed by atoms with Crippen LogP contribution in [0.1, 0.15) is 10.4 Å². The molecule has 0 spiro atoms. The fourth-order valence-corrected chi connectivity index (χ4v) is 1.39. The van der Waals surface area contributed by atoms with Crippen LogP contribution < -0.4 is 0 Å². The molecule has 1 aromatic carbocycles. The van der Waals surface area contributed by atoms with Crippen LogP contribution in [0.3, 0.4) is 0 Å². The quantitative estimate of drug-likeness (QED) is 0.688. The molecule has 0 amide bonds. The van der Waals surface area contributed by atoms with E-state index in [2.05, 4.69) is 4.98 Å². The second kappa shape index (κ2) is 3.01. The van der Waals surface area contributed by atoms with Crippen molar-refractivity contribution < 1.29 is 9.21 Å². The largest absolute Gasteiger partial charge is 0.427 e. The molecule has 66 valence electrons. The van der Waals surface area contributed by atoms with Gasteiger partial charge >= 0.3 is 0 Å². The third-order valence-corrected chi connectivity index (χ3v) is 1.97. The van der Waals surface area contributed by atoms with Crippen molar-refractivity contribution in [2.45, 2.75) is 0 Å². The Labute approximate surface area is 83.3 Å². The highest BCUT2D eigenvalue weighted by molar-refractivity contribution is 6.68. The van der Waals surface area contributed by atoms with Crippen molar-refractivity contribution in [3.8, 4) is 0 Å². The lowest BCUT2D eigenvalue weighted by molar-refractivity contribution is 0.108. The molecule has 0 aliphatic rings. The number of carbonyl (C=O) groups excluding carboxylic acids is 1.